The monoisotopic (exact) mass is 311 g/mol. The third kappa shape index (κ3) is 3.77. The Morgan fingerprint density at radius 3 is 2.56 bits per heavy atom. The van der Waals surface area contributed by atoms with Gasteiger partial charge in [-0.3, -0.25) is 19.3 Å². The van der Waals surface area contributed by atoms with Gasteiger partial charge in [-0.2, -0.15) is 0 Å². The Hall–Kier alpha value is -1.49. The summed E-state index contributed by atoms with van der Waals surface area (Å²) < 4.78 is 0. The van der Waals surface area contributed by atoms with E-state index in [0.29, 0.717) is 12.0 Å². The van der Waals surface area contributed by atoms with Crippen LogP contribution in [0.3, 0.4) is 0 Å². The fourth-order valence-electron chi connectivity index (χ4n) is 1.48. The molecule has 0 atom stereocenters. The second kappa shape index (κ2) is 7.06. The van der Waals surface area contributed by atoms with Gasteiger partial charge in [0.2, 0.25) is 6.41 Å². The molecule has 0 unspecified atom stereocenters. The Morgan fingerprint density at radius 2 is 2.00 bits per heavy atom. The summed E-state index contributed by atoms with van der Waals surface area (Å²) >= 11 is 3.04. The van der Waals surface area contributed by atoms with Crippen LogP contribution in [0.1, 0.15) is 22.3 Å². The van der Waals surface area contributed by atoms with E-state index in [1.807, 2.05) is 6.07 Å². The highest BCUT2D eigenvalue weighted by atomic mass is 79.9. The van der Waals surface area contributed by atoms with E-state index in [-0.39, 0.29) is 30.0 Å². The van der Waals surface area contributed by atoms with Crippen molar-refractivity contribution in [2.75, 3.05) is 11.9 Å². The summed E-state index contributed by atoms with van der Waals surface area (Å²) in [7, 11) is 0. The normalized spacial score (nSPS) is 9.89. The van der Waals surface area contributed by atoms with Crippen molar-refractivity contribution in [3.05, 3.63) is 35.4 Å². The van der Waals surface area contributed by atoms with Gasteiger partial charge in [0.1, 0.15) is 5.78 Å². The first-order chi connectivity index (χ1) is 8.60. The van der Waals surface area contributed by atoms with Crippen LogP contribution >= 0.6 is 15.9 Å². The number of nitrogens with zero attached hydrogens (tertiary/aromatic N) is 1. The average Bonchev–Trinajstić information content (AvgIpc) is 2.39. The lowest BCUT2D eigenvalue weighted by Crippen LogP contribution is -2.32. The van der Waals surface area contributed by atoms with Gasteiger partial charge in [-0.05, 0) is 18.6 Å². The van der Waals surface area contributed by atoms with E-state index in [0.717, 1.165) is 10.5 Å². The molecule has 0 aromatic heterocycles. The van der Waals surface area contributed by atoms with Crippen LogP contribution in [0.4, 0.5) is 0 Å². The highest BCUT2D eigenvalue weighted by Crippen LogP contribution is 2.10. The van der Waals surface area contributed by atoms with Gasteiger partial charge in [-0.1, -0.05) is 34.1 Å². The summed E-state index contributed by atoms with van der Waals surface area (Å²) in [5.74, 6) is -0.412. The number of benzene rings is 1. The number of hydrogen-bond acceptors (Lipinski definition) is 3. The molecule has 1 aromatic carbocycles. The first-order valence-electron chi connectivity index (χ1n) is 5.49. The van der Waals surface area contributed by atoms with E-state index in [1.165, 1.54) is 0 Å². The first kappa shape index (κ1) is 14.6. The van der Waals surface area contributed by atoms with E-state index in [4.69, 9.17) is 0 Å². The maximum absolute atomic E-state index is 12.1. The summed E-state index contributed by atoms with van der Waals surface area (Å²) in [6, 6.07) is 7.04. The second-order valence-electron chi connectivity index (χ2n) is 3.84. The van der Waals surface area contributed by atoms with Gasteiger partial charge < -0.3 is 0 Å². The van der Waals surface area contributed by atoms with Crippen molar-refractivity contribution in [2.24, 2.45) is 0 Å². The Labute approximate surface area is 114 Å². The summed E-state index contributed by atoms with van der Waals surface area (Å²) in [6.45, 7) is 1.92. The Balaban J connectivity index is 2.77. The maximum Gasteiger partial charge on any atom is 0.260 e. The van der Waals surface area contributed by atoms with E-state index in [1.54, 1.807) is 25.1 Å². The van der Waals surface area contributed by atoms with Crippen molar-refractivity contribution in [1.82, 2.24) is 4.90 Å². The fourth-order valence-corrected chi connectivity index (χ4v) is 1.76. The molecule has 0 N–H and O–H groups in total. The zero-order valence-electron chi connectivity index (χ0n) is 10.1. The van der Waals surface area contributed by atoms with Crippen LogP contribution < -0.4 is 0 Å². The summed E-state index contributed by atoms with van der Waals surface area (Å²) in [4.78, 5) is 35.2. The van der Waals surface area contributed by atoms with Crippen LogP contribution in [0.15, 0.2) is 24.3 Å². The number of aryl methyl sites for hydroxylation is 1. The molecule has 0 fully saturated rings. The lowest BCUT2D eigenvalue weighted by Gasteiger charge is -2.16. The van der Waals surface area contributed by atoms with Gasteiger partial charge in [0, 0.05) is 18.5 Å². The highest BCUT2D eigenvalue weighted by molar-refractivity contribution is 9.09. The third-order valence-corrected chi connectivity index (χ3v) is 3.17. The number of hydrogen-bond donors (Lipinski definition) is 0. The van der Waals surface area contributed by atoms with Crippen LogP contribution in [-0.2, 0) is 9.59 Å². The molecule has 0 aliphatic carbocycles. The van der Waals surface area contributed by atoms with Crippen LogP contribution in [0.2, 0.25) is 0 Å². The van der Waals surface area contributed by atoms with Crippen molar-refractivity contribution >= 4 is 34.0 Å². The molecule has 1 aromatic rings. The molecule has 0 aliphatic rings. The predicted octanol–water partition coefficient (Wildman–Crippen LogP) is 1.95. The standard InChI is InChI=1S/C13H14BrNO3/c1-10-4-2-3-5-12(10)13(18)15(9-16)7-6-11(17)8-14/h2-5,9H,6-8H2,1H3. The topological polar surface area (TPSA) is 54.5 Å². The largest absolute Gasteiger partial charge is 0.299 e. The van der Waals surface area contributed by atoms with Crippen LogP contribution in [0.5, 0.6) is 0 Å². The van der Waals surface area contributed by atoms with Crippen molar-refractivity contribution < 1.29 is 14.4 Å². The zero-order chi connectivity index (χ0) is 13.5. The van der Waals surface area contributed by atoms with Crippen LogP contribution in [0, 0.1) is 6.92 Å². The van der Waals surface area contributed by atoms with Crippen molar-refractivity contribution in [2.45, 2.75) is 13.3 Å². The molecule has 0 aliphatic heterocycles. The number of imide groups is 1. The first-order valence-corrected chi connectivity index (χ1v) is 6.62. The molecule has 18 heavy (non-hydrogen) atoms. The summed E-state index contributed by atoms with van der Waals surface area (Å²) in [5.41, 5.74) is 1.29. The average molecular weight is 312 g/mol. The number of amides is 2. The minimum absolute atomic E-state index is 0.0422. The number of halogens is 1. The molecule has 96 valence electrons. The minimum Gasteiger partial charge on any atom is -0.299 e. The molecule has 0 heterocycles. The van der Waals surface area contributed by atoms with E-state index >= 15 is 0 Å². The predicted molar refractivity (Wildman–Crippen MR) is 71.7 cm³/mol. The molecule has 0 bridgehead atoms. The highest BCUT2D eigenvalue weighted by Gasteiger charge is 2.17. The molecule has 0 spiro atoms. The number of rotatable bonds is 6. The molecule has 0 saturated carbocycles. The van der Waals surface area contributed by atoms with Crippen molar-refractivity contribution in [3.8, 4) is 0 Å². The number of carbonyl (C=O) groups is 3. The van der Waals surface area contributed by atoms with Gasteiger partial charge in [0.15, 0.2) is 0 Å². The Kier molecular flexibility index (Phi) is 5.71. The van der Waals surface area contributed by atoms with Crippen molar-refractivity contribution in [1.29, 1.82) is 0 Å². The fraction of sp³-hybridized carbons (Fsp3) is 0.308. The number of alkyl halides is 1. The molecule has 0 radical (unpaired) electrons. The van der Waals surface area contributed by atoms with E-state index < -0.39 is 0 Å². The Morgan fingerprint density at radius 1 is 1.33 bits per heavy atom. The maximum atomic E-state index is 12.1. The molecule has 5 heteroatoms. The summed E-state index contributed by atoms with van der Waals surface area (Å²) in [5, 5.41) is 0.234. The SMILES string of the molecule is Cc1ccccc1C(=O)N(C=O)CCC(=O)CBr. The molecular formula is C13H14BrNO3. The molecule has 1 rings (SSSR count). The number of ketones is 1. The summed E-state index contributed by atoms with van der Waals surface area (Å²) in [6.07, 6.45) is 0.637. The lowest BCUT2D eigenvalue weighted by atomic mass is 10.1. The lowest BCUT2D eigenvalue weighted by molar-refractivity contribution is -0.118. The zero-order valence-corrected chi connectivity index (χ0v) is 11.6. The molecule has 0 saturated heterocycles. The van der Waals surface area contributed by atoms with E-state index in [2.05, 4.69) is 15.9 Å². The molecular weight excluding hydrogens is 298 g/mol. The van der Waals surface area contributed by atoms with Gasteiger partial charge in [-0.25, -0.2) is 0 Å². The van der Waals surface area contributed by atoms with Crippen molar-refractivity contribution in [3.63, 3.8) is 0 Å². The Bertz CT molecular complexity index is 459. The third-order valence-electron chi connectivity index (χ3n) is 2.54. The second-order valence-corrected chi connectivity index (χ2v) is 4.40. The quantitative estimate of drug-likeness (QED) is 0.596. The van der Waals surface area contributed by atoms with Gasteiger partial charge in [-0.15, -0.1) is 0 Å². The van der Waals surface area contributed by atoms with Crippen LogP contribution in [0.25, 0.3) is 0 Å². The van der Waals surface area contributed by atoms with E-state index in [9.17, 15) is 14.4 Å². The number of carbonyl (C=O) groups excluding carboxylic acids is 3. The van der Waals surface area contributed by atoms with Gasteiger partial charge >= 0.3 is 0 Å². The number of Topliss-reactive ketones (excluding diaryl/α,β-unsaturated/α-hetero) is 1. The van der Waals surface area contributed by atoms with Gasteiger partial charge in [0.05, 0.1) is 5.33 Å². The smallest absolute Gasteiger partial charge is 0.260 e. The molecule has 2 amide bonds. The van der Waals surface area contributed by atoms with Gasteiger partial charge in [0.25, 0.3) is 5.91 Å². The van der Waals surface area contributed by atoms with Crippen LogP contribution in [-0.4, -0.2) is 34.9 Å². The molecule has 4 nitrogen and oxygen atoms in total. The minimum atomic E-state index is -0.370.